The number of benzene rings is 1. The first kappa shape index (κ1) is 9.02. The summed E-state index contributed by atoms with van der Waals surface area (Å²) in [5.41, 5.74) is 0.727. The van der Waals surface area contributed by atoms with E-state index in [1.54, 1.807) is 12.1 Å². The van der Waals surface area contributed by atoms with Crippen molar-refractivity contribution in [3.8, 4) is 6.07 Å². The predicted octanol–water partition coefficient (Wildman–Crippen LogP) is 2.91. The van der Waals surface area contributed by atoms with Gasteiger partial charge in [0.1, 0.15) is 6.07 Å². The molecule has 0 aliphatic heterocycles. The highest BCUT2D eigenvalue weighted by molar-refractivity contribution is 6.31. The quantitative estimate of drug-likeness (QED) is 0.657. The first-order valence-corrected chi connectivity index (χ1v) is 3.95. The topological polar surface area (TPSA) is 23.8 Å². The van der Waals surface area contributed by atoms with Crippen molar-refractivity contribution in [2.75, 3.05) is 0 Å². The van der Waals surface area contributed by atoms with Crippen molar-refractivity contribution in [2.24, 2.45) is 0 Å². The predicted molar refractivity (Wildman–Crippen MR) is 45.5 cm³/mol. The van der Waals surface area contributed by atoms with Crippen LogP contribution in [0.25, 0.3) is 0 Å². The molecule has 1 aromatic carbocycles. The summed E-state index contributed by atoms with van der Waals surface area (Å²) in [5.74, 6) is -0.612. The van der Waals surface area contributed by atoms with Gasteiger partial charge in [-0.3, -0.25) is 0 Å². The van der Waals surface area contributed by atoms with E-state index in [4.69, 9.17) is 16.9 Å². The van der Waals surface area contributed by atoms with Gasteiger partial charge in [-0.15, -0.1) is 0 Å². The fourth-order valence-corrected chi connectivity index (χ4v) is 1.25. The molecular weight excluding hydrogens is 177 g/mol. The lowest BCUT2D eigenvalue weighted by atomic mass is 10.1. The van der Waals surface area contributed by atoms with Gasteiger partial charge in [-0.25, -0.2) is 4.39 Å². The third-order valence-corrected chi connectivity index (χ3v) is 2.07. The minimum atomic E-state index is -0.612. The number of nitrogens with zero attached hydrogens (tertiary/aromatic N) is 1. The van der Waals surface area contributed by atoms with Crippen molar-refractivity contribution >= 4 is 11.6 Å². The molecule has 0 bridgehead atoms. The minimum Gasteiger partial charge on any atom is -0.204 e. The summed E-state index contributed by atoms with van der Waals surface area (Å²) in [7, 11) is 0. The largest absolute Gasteiger partial charge is 0.204 e. The van der Waals surface area contributed by atoms with Crippen LogP contribution in [0.3, 0.4) is 0 Å². The fraction of sp³-hybridized carbons (Fsp3) is 0.222. The van der Waals surface area contributed by atoms with Gasteiger partial charge in [-0.2, -0.15) is 5.26 Å². The third kappa shape index (κ3) is 1.41. The molecule has 62 valence electrons. The summed E-state index contributed by atoms with van der Waals surface area (Å²) in [6.45, 7) is 1.88. The smallest absolute Gasteiger partial charge is 0.159 e. The highest BCUT2D eigenvalue weighted by Crippen LogP contribution is 2.22. The molecule has 0 aliphatic rings. The zero-order valence-electron chi connectivity index (χ0n) is 6.56. The highest BCUT2D eigenvalue weighted by atomic mass is 35.5. The Morgan fingerprint density at radius 2 is 2.25 bits per heavy atom. The molecule has 0 radical (unpaired) electrons. The average molecular weight is 184 g/mol. The van der Waals surface area contributed by atoms with Crippen molar-refractivity contribution in [2.45, 2.75) is 13.3 Å². The summed E-state index contributed by atoms with van der Waals surface area (Å²) in [4.78, 5) is 0. The third-order valence-electron chi connectivity index (χ3n) is 1.66. The standard InChI is InChI=1S/C9H7ClFN/c1-2-6-3-4-7(5-12)9(11)8(6)10/h3-4H,2H2,1H3. The molecule has 3 heteroatoms. The summed E-state index contributed by atoms with van der Waals surface area (Å²) >= 11 is 5.65. The molecule has 1 nitrogen and oxygen atoms in total. The molecule has 0 fully saturated rings. The van der Waals surface area contributed by atoms with Gasteiger partial charge in [0.15, 0.2) is 5.82 Å². The molecule has 0 spiro atoms. The molecule has 12 heavy (non-hydrogen) atoms. The van der Waals surface area contributed by atoms with Crippen LogP contribution < -0.4 is 0 Å². The summed E-state index contributed by atoms with van der Waals surface area (Å²) in [6.07, 6.45) is 0.668. The second kappa shape index (κ2) is 3.55. The van der Waals surface area contributed by atoms with Crippen LogP contribution in [0, 0.1) is 17.1 Å². The summed E-state index contributed by atoms with van der Waals surface area (Å²) in [6, 6.07) is 4.84. The van der Waals surface area contributed by atoms with Gasteiger partial charge < -0.3 is 0 Å². The molecule has 0 aromatic heterocycles. The SMILES string of the molecule is CCc1ccc(C#N)c(F)c1Cl. The fourth-order valence-electron chi connectivity index (χ4n) is 0.949. The number of rotatable bonds is 1. The highest BCUT2D eigenvalue weighted by Gasteiger charge is 2.09. The van der Waals surface area contributed by atoms with Crippen molar-refractivity contribution < 1.29 is 4.39 Å². The summed E-state index contributed by atoms with van der Waals surface area (Å²) in [5, 5.41) is 8.52. The second-order valence-electron chi connectivity index (χ2n) is 2.37. The first-order valence-electron chi connectivity index (χ1n) is 3.57. The normalized spacial score (nSPS) is 9.50. The van der Waals surface area contributed by atoms with Crippen molar-refractivity contribution in [3.63, 3.8) is 0 Å². The Hall–Kier alpha value is -1.07. The number of aryl methyl sites for hydroxylation is 1. The monoisotopic (exact) mass is 183 g/mol. The van der Waals surface area contributed by atoms with E-state index in [1.165, 1.54) is 6.07 Å². The Kier molecular flexibility index (Phi) is 2.67. The van der Waals surface area contributed by atoms with Crippen LogP contribution in [-0.4, -0.2) is 0 Å². The lowest BCUT2D eigenvalue weighted by Gasteiger charge is -2.02. The van der Waals surface area contributed by atoms with Gasteiger partial charge >= 0.3 is 0 Å². The lowest BCUT2D eigenvalue weighted by molar-refractivity contribution is 0.622. The molecule has 0 N–H and O–H groups in total. The van der Waals surface area contributed by atoms with E-state index in [0.29, 0.717) is 6.42 Å². The molecule has 0 saturated heterocycles. The van der Waals surface area contributed by atoms with Gasteiger partial charge in [-0.05, 0) is 18.1 Å². The Morgan fingerprint density at radius 3 is 2.75 bits per heavy atom. The Bertz CT molecular complexity index is 341. The Morgan fingerprint density at radius 1 is 1.58 bits per heavy atom. The van der Waals surface area contributed by atoms with Gasteiger partial charge in [-0.1, -0.05) is 24.6 Å². The van der Waals surface area contributed by atoms with E-state index in [9.17, 15) is 4.39 Å². The van der Waals surface area contributed by atoms with Crippen LogP contribution >= 0.6 is 11.6 Å². The molecule has 0 heterocycles. The maximum atomic E-state index is 13.1. The van der Waals surface area contributed by atoms with Crippen molar-refractivity contribution in [1.29, 1.82) is 5.26 Å². The molecule has 1 aromatic rings. The number of hydrogen-bond donors (Lipinski definition) is 0. The zero-order chi connectivity index (χ0) is 9.14. The maximum absolute atomic E-state index is 13.1. The first-order chi connectivity index (χ1) is 5.70. The van der Waals surface area contributed by atoms with Crippen molar-refractivity contribution in [1.82, 2.24) is 0 Å². The van der Waals surface area contributed by atoms with E-state index in [-0.39, 0.29) is 10.6 Å². The average Bonchev–Trinajstić information content (AvgIpc) is 2.10. The van der Waals surface area contributed by atoms with E-state index in [0.717, 1.165) is 5.56 Å². The van der Waals surface area contributed by atoms with Crippen LogP contribution in [0.4, 0.5) is 4.39 Å². The van der Waals surface area contributed by atoms with Gasteiger partial charge in [0.05, 0.1) is 10.6 Å². The van der Waals surface area contributed by atoms with E-state index < -0.39 is 5.82 Å². The number of hydrogen-bond acceptors (Lipinski definition) is 1. The molecule has 0 amide bonds. The maximum Gasteiger partial charge on any atom is 0.159 e. The lowest BCUT2D eigenvalue weighted by Crippen LogP contribution is -1.90. The van der Waals surface area contributed by atoms with Gasteiger partial charge in [0.2, 0.25) is 0 Å². The van der Waals surface area contributed by atoms with Gasteiger partial charge in [0.25, 0.3) is 0 Å². The number of nitriles is 1. The van der Waals surface area contributed by atoms with E-state index >= 15 is 0 Å². The second-order valence-corrected chi connectivity index (χ2v) is 2.74. The van der Waals surface area contributed by atoms with Crippen LogP contribution in [-0.2, 0) is 6.42 Å². The van der Waals surface area contributed by atoms with Crippen LogP contribution in [0.5, 0.6) is 0 Å². The molecule has 0 unspecified atom stereocenters. The molecule has 1 rings (SSSR count). The van der Waals surface area contributed by atoms with Crippen LogP contribution in [0.2, 0.25) is 5.02 Å². The zero-order valence-corrected chi connectivity index (χ0v) is 7.32. The Balaban J connectivity index is 3.32. The molecule has 0 aliphatic carbocycles. The van der Waals surface area contributed by atoms with E-state index in [1.807, 2.05) is 6.92 Å². The van der Waals surface area contributed by atoms with Crippen molar-refractivity contribution in [3.05, 3.63) is 34.1 Å². The summed E-state index contributed by atoms with van der Waals surface area (Å²) < 4.78 is 13.1. The Labute approximate surface area is 75.4 Å². The number of halogens is 2. The minimum absolute atomic E-state index is 0.00259. The van der Waals surface area contributed by atoms with E-state index in [2.05, 4.69) is 0 Å². The molecule has 0 atom stereocenters. The van der Waals surface area contributed by atoms with Crippen LogP contribution in [0.15, 0.2) is 12.1 Å². The van der Waals surface area contributed by atoms with Gasteiger partial charge in [0, 0.05) is 0 Å². The molecular formula is C9H7ClFN. The van der Waals surface area contributed by atoms with Crippen LogP contribution in [0.1, 0.15) is 18.1 Å². The molecule has 0 saturated carbocycles.